The van der Waals surface area contributed by atoms with Crippen LogP contribution < -0.4 is 5.32 Å². The average molecular weight is 291 g/mol. The predicted octanol–water partition coefficient (Wildman–Crippen LogP) is 2.00. The van der Waals surface area contributed by atoms with Crippen LogP contribution >= 0.6 is 0 Å². The van der Waals surface area contributed by atoms with Gasteiger partial charge in [-0.3, -0.25) is 0 Å². The molecule has 5 heteroatoms. The van der Waals surface area contributed by atoms with Crippen LogP contribution in [0.5, 0.6) is 0 Å². The van der Waals surface area contributed by atoms with Crippen LogP contribution in [0.1, 0.15) is 45.4 Å². The molecule has 0 amide bonds. The first-order chi connectivity index (χ1) is 9.09. The largest absolute Gasteiger partial charge is 0.384 e. The highest BCUT2D eigenvalue weighted by molar-refractivity contribution is 7.91. The second-order valence-electron chi connectivity index (χ2n) is 5.57. The predicted molar refractivity (Wildman–Crippen MR) is 79.2 cm³/mol. The molecule has 0 aliphatic heterocycles. The third kappa shape index (κ3) is 6.72. The van der Waals surface area contributed by atoms with Crippen LogP contribution in [0, 0.1) is 5.92 Å². The van der Waals surface area contributed by atoms with Gasteiger partial charge in [0.15, 0.2) is 9.84 Å². The molecule has 0 heterocycles. The van der Waals surface area contributed by atoms with Crippen molar-refractivity contribution in [2.75, 3.05) is 31.8 Å². The van der Waals surface area contributed by atoms with E-state index in [1.165, 1.54) is 32.1 Å². The molecule has 1 fully saturated rings. The molecule has 0 saturated heterocycles. The van der Waals surface area contributed by atoms with Gasteiger partial charge < -0.3 is 10.1 Å². The molecule has 0 aromatic carbocycles. The molecular formula is C14H29NO3S. The Hall–Kier alpha value is -0.130. The van der Waals surface area contributed by atoms with E-state index < -0.39 is 9.84 Å². The minimum absolute atomic E-state index is 0.127. The molecule has 1 unspecified atom stereocenters. The lowest BCUT2D eigenvalue weighted by Crippen LogP contribution is -2.43. The van der Waals surface area contributed by atoms with Crippen LogP contribution in [0.4, 0.5) is 0 Å². The zero-order chi connectivity index (χ0) is 14.1. The van der Waals surface area contributed by atoms with Crippen molar-refractivity contribution in [2.24, 2.45) is 5.92 Å². The van der Waals surface area contributed by atoms with Gasteiger partial charge in [0.1, 0.15) is 0 Å². The quantitative estimate of drug-likeness (QED) is 0.706. The third-order valence-electron chi connectivity index (χ3n) is 3.91. The number of rotatable bonds is 9. The van der Waals surface area contributed by atoms with E-state index in [-0.39, 0.29) is 17.5 Å². The van der Waals surface area contributed by atoms with E-state index in [0.29, 0.717) is 12.5 Å². The lowest BCUT2D eigenvalue weighted by Gasteiger charge is -2.31. The molecule has 1 aliphatic rings. The number of hydrogen-bond donors (Lipinski definition) is 1. The Labute approximate surface area is 118 Å². The van der Waals surface area contributed by atoms with Crippen LogP contribution in [0.3, 0.4) is 0 Å². The van der Waals surface area contributed by atoms with Gasteiger partial charge in [-0.1, -0.05) is 26.2 Å². The summed E-state index contributed by atoms with van der Waals surface area (Å²) in [5, 5.41) is 3.45. The maximum absolute atomic E-state index is 12.1. The second kappa shape index (κ2) is 8.93. The van der Waals surface area contributed by atoms with Gasteiger partial charge >= 0.3 is 0 Å². The molecule has 19 heavy (non-hydrogen) atoms. The van der Waals surface area contributed by atoms with Crippen molar-refractivity contribution in [1.82, 2.24) is 5.32 Å². The molecule has 1 saturated carbocycles. The van der Waals surface area contributed by atoms with E-state index in [0.717, 1.165) is 13.0 Å². The Morgan fingerprint density at radius 2 is 1.95 bits per heavy atom. The molecule has 0 spiro atoms. The topological polar surface area (TPSA) is 55.4 Å². The van der Waals surface area contributed by atoms with Crippen molar-refractivity contribution in [3.05, 3.63) is 0 Å². The summed E-state index contributed by atoms with van der Waals surface area (Å²) in [6.07, 6.45) is 7.16. The zero-order valence-electron chi connectivity index (χ0n) is 12.4. The van der Waals surface area contributed by atoms with Crippen LogP contribution in [-0.2, 0) is 14.6 Å². The molecule has 1 rings (SSSR count). The van der Waals surface area contributed by atoms with Gasteiger partial charge in [0.25, 0.3) is 0 Å². The van der Waals surface area contributed by atoms with E-state index in [9.17, 15) is 8.42 Å². The molecule has 1 aliphatic carbocycles. The number of hydrogen-bond acceptors (Lipinski definition) is 4. The third-order valence-corrected chi connectivity index (χ3v) is 5.56. The standard InChI is InChI=1S/C14H29NO3S/c1-3-9-15-14(13-7-5-4-6-8-13)12-19(16,17)11-10-18-2/h13-15H,3-12H2,1-2H3. The molecule has 1 atom stereocenters. The summed E-state index contributed by atoms with van der Waals surface area (Å²) >= 11 is 0. The van der Waals surface area contributed by atoms with Gasteiger partial charge in [0, 0.05) is 13.2 Å². The number of sulfone groups is 1. The van der Waals surface area contributed by atoms with Gasteiger partial charge in [-0.15, -0.1) is 0 Å². The SMILES string of the molecule is CCCNC(CS(=O)(=O)CCOC)C1CCCCC1. The summed E-state index contributed by atoms with van der Waals surface area (Å²) in [6.45, 7) is 3.32. The van der Waals surface area contributed by atoms with Crippen molar-refractivity contribution in [2.45, 2.75) is 51.5 Å². The first-order valence-electron chi connectivity index (χ1n) is 7.52. The van der Waals surface area contributed by atoms with Gasteiger partial charge in [-0.2, -0.15) is 0 Å². The van der Waals surface area contributed by atoms with Gasteiger partial charge in [-0.25, -0.2) is 8.42 Å². The molecule has 0 aromatic heterocycles. The lowest BCUT2D eigenvalue weighted by atomic mass is 9.84. The first kappa shape index (κ1) is 16.9. The van der Waals surface area contributed by atoms with Crippen molar-refractivity contribution < 1.29 is 13.2 Å². The van der Waals surface area contributed by atoms with Crippen LogP contribution in [0.2, 0.25) is 0 Å². The number of methoxy groups -OCH3 is 1. The highest BCUT2D eigenvalue weighted by atomic mass is 32.2. The van der Waals surface area contributed by atoms with E-state index in [1.807, 2.05) is 0 Å². The molecular weight excluding hydrogens is 262 g/mol. The molecule has 0 bridgehead atoms. The Balaban J connectivity index is 2.57. The monoisotopic (exact) mass is 291 g/mol. The van der Waals surface area contributed by atoms with E-state index in [4.69, 9.17) is 4.74 Å². The fourth-order valence-corrected chi connectivity index (χ4v) is 4.32. The van der Waals surface area contributed by atoms with Gasteiger partial charge in [0.2, 0.25) is 0 Å². The Bertz CT molecular complexity index is 324. The maximum atomic E-state index is 12.1. The smallest absolute Gasteiger partial charge is 0.154 e. The summed E-state index contributed by atoms with van der Waals surface area (Å²) in [6, 6.07) is 0.127. The first-order valence-corrected chi connectivity index (χ1v) is 9.34. The Morgan fingerprint density at radius 1 is 1.26 bits per heavy atom. The zero-order valence-corrected chi connectivity index (χ0v) is 13.2. The fraction of sp³-hybridized carbons (Fsp3) is 1.00. The van der Waals surface area contributed by atoms with E-state index in [2.05, 4.69) is 12.2 Å². The van der Waals surface area contributed by atoms with Crippen molar-refractivity contribution in [1.29, 1.82) is 0 Å². The number of nitrogens with one attached hydrogen (secondary N) is 1. The normalized spacial score (nSPS) is 19.5. The second-order valence-corrected chi connectivity index (χ2v) is 7.79. The average Bonchev–Trinajstić information content (AvgIpc) is 2.42. The summed E-state index contributed by atoms with van der Waals surface area (Å²) in [7, 11) is -1.47. The van der Waals surface area contributed by atoms with Crippen LogP contribution in [0.15, 0.2) is 0 Å². The lowest BCUT2D eigenvalue weighted by molar-refractivity contribution is 0.216. The molecule has 0 aromatic rings. The number of ether oxygens (including phenoxy) is 1. The summed E-state index contributed by atoms with van der Waals surface area (Å²) in [4.78, 5) is 0. The fourth-order valence-electron chi connectivity index (χ4n) is 2.80. The van der Waals surface area contributed by atoms with Crippen molar-refractivity contribution in [3.63, 3.8) is 0 Å². The molecule has 1 N–H and O–H groups in total. The molecule has 4 nitrogen and oxygen atoms in total. The highest BCUT2D eigenvalue weighted by Crippen LogP contribution is 2.27. The van der Waals surface area contributed by atoms with Crippen LogP contribution in [-0.4, -0.2) is 46.2 Å². The summed E-state index contributed by atoms with van der Waals surface area (Å²) in [5.74, 6) is 0.930. The summed E-state index contributed by atoms with van der Waals surface area (Å²) < 4.78 is 29.1. The molecule has 0 radical (unpaired) electrons. The minimum atomic E-state index is -3.01. The van der Waals surface area contributed by atoms with E-state index in [1.54, 1.807) is 7.11 Å². The van der Waals surface area contributed by atoms with E-state index >= 15 is 0 Å². The van der Waals surface area contributed by atoms with Crippen molar-refractivity contribution >= 4 is 9.84 Å². The van der Waals surface area contributed by atoms with Crippen molar-refractivity contribution in [3.8, 4) is 0 Å². The Morgan fingerprint density at radius 3 is 2.53 bits per heavy atom. The minimum Gasteiger partial charge on any atom is -0.384 e. The summed E-state index contributed by atoms with van der Waals surface area (Å²) in [5.41, 5.74) is 0. The maximum Gasteiger partial charge on any atom is 0.154 e. The van der Waals surface area contributed by atoms with Crippen LogP contribution in [0.25, 0.3) is 0 Å². The highest BCUT2D eigenvalue weighted by Gasteiger charge is 2.27. The van der Waals surface area contributed by atoms with Gasteiger partial charge in [-0.05, 0) is 31.7 Å². The molecule has 114 valence electrons. The van der Waals surface area contributed by atoms with Gasteiger partial charge in [0.05, 0.1) is 18.1 Å². The Kier molecular flexibility index (Phi) is 7.95.